The molecule has 0 radical (unpaired) electrons. The van der Waals surface area contributed by atoms with Gasteiger partial charge in [0.2, 0.25) is 11.9 Å². The maximum absolute atomic E-state index is 13.3. The van der Waals surface area contributed by atoms with Crippen LogP contribution in [0.3, 0.4) is 0 Å². The normalized spacial score (nSPS) is 27.3. The van der Waals surface area contributed by atoms with Crippen LogP contribution in [0, 0.1) is 10.8 Å². The van der Waals surface area contributed by atoms with E-state index >= 15 is 0 Å². The third-order valence-electron chi connectivity index (χ3n) is 12.5. The number of aliphatic hydroxyl groups is 2. The minimum absolute atomic E-state index is 0.0513. The van der Waals surface area contributed by atoms with E-state index in [0.29, 0.717) is 55.4 Å². The highest BCUT2D eigenvalue weighted by Crippen LogP contribution is 2.63. The van der Waals surface area contributed by atoms with Crippen LogP contribution in [0.25, 0.3) is 11.2 Å². The van der Waals surface area contributed by atoms with E-state index in [1.165, 1.54) is 6.33 Å². The van der Waals surface area contributed by atoms with E-state index in [1.54, 1.807) is 4.57 Å². The molecule has 2 aromatic heterocycles. The Kier molecular flexibility index (Phi) is 9.81. The second-order valence-corrected chi connectivity index (χ2v) is 15.5. The zero-order valence-corrected chi connectivity index (χ0v) is 30.5. The molecule has 2 aliphatic heterocycles. The molecule has 16 heteroatoms. The van der Waals surface area contributed by atoms with Crippen molar-refractivity contribution in [3.63, 3.8) is 0 Å². The number of nitrogens with zero attached hydrogens (tertiary/aromatic N) is 5. The van der Waals surface area contributed by atoms with Gasteiger partial charge in [-0.3, -0.25) is 9.59 Å². The zero-order valence-electron chi connectivity index (χ0n) is 30.5. The van der Waals surface area contributed by atoms with Crippen molar-refractivity contribution >= 4 is 40.8 Å². The minimum atomic E-state index is -1.91. The number of primary amides is 1. The fourth-order valence-electron chi connectivity index (χ4n) is 9.34. The van der Waals surface area contributed by atoms with E-state index in [2.05, 4.69) is 45.5 Å². The number of nitrogens with two attached hydrogens (primary N) is 1. The van der Waals surface area contributed by atoms with Gasteiger partial charge in [-0.25, -0.2) is 9.78 Å². The second-order valence-electron chi connectivity index (χ2n) is 15.5. The molecular weight excluding hydrogens is 704 g/mol. The highest BCUT2D eigenvalue weighted by atomic mass is 16.4. The average molecular weight is 753 g/mol. The van der Waals surface area contributed by atoms with Crippen LogP contribution in [0.15, 0.2) is 67.0 Å². The lowest BCUT2D eigenvalue weighted by Gasteiger charge is -2.51. The Labute approximate surface area is 317 Å². The molecule has 2 saturated heterocycles. The fraction of sp³-hybridized carbons (Fsp3) is 0.487. The topological polar surface area (TPSA) is 233 Å². The van der Waals surface area contributed by atoms with Crippen molar-refractivity contribution in [3.05, 3.63) is 78.1 Å². The predicted molar refractivity (Wildman–Crippen MR) is 203 cm³/mol. The summed E-state index contributed by atoms with van der Waals surface area (Å²) >= 11 is 0. The van der Waals surface area contributed by atoms with Crippen molar-refractivity contribution in [2.75, 3.05) is 42.9 Å². The van der Waals surface area contributed by atoms with Crippen LogP contribution >= 0.6 is 0 Å². The highest BCUT2D eigenvalue weighted by molar-refractivity contribution is 5.92. The number of urea groups is 1. The molecule has 290 valence electrons. The Bertz CT molecular complexity index is 2000. The van der Waals surface area contributed by atoms with Crippen molar-refractivity contribution in [3.8, 4) is 0 Å². The summed E-state index contributed by atoms with van der Waals surface area (Å²) in [5.74, 6) is -1.42. The van der Waals surface area contributed by atoms with Gasteiger partial charge in [0.1, 0.15) is 6.10 Å². The second kappa shape index (κ2) is 14.7. The van der Waals surface area contributed by atoms with Gasteiger partial charge in [0.05, 0.1) is 29.3 Å². The third kappa shape index (κ3) is 6.41. The first-order chi connectivity index (χ1) is 26.6. The lowest BCUT2D eigenvalue weighted by Crippen LogP contribution is -2.62. The smallest absolute Gasteiger partial charge is 0.315 e. The van der Waals surface area contributed by atoms with Crippen LogP contribution in [-0.4, -0.2) is 110 Å². The largest absolute Gasteiger partial charge is 0.481 e. The molecule has 9 N–H and O–H groups in total. The molecule has 3 amide bonds. The lowest BCUT2D eigenvalue weighted by molar-refractivity contribution is -0.187. The van der Waals surface area contributed by atoms with Gasteiger partial charge in [-0.2, -0.15) is 9.97 Å². The number of rotatable bonds is 12. The first-order valence-corrected chi connectivity index (χ1v) is 19.1. The molecule has 16 nitrogen and oxygen atoms in total. The molecule has 0 spiro atoms. The van der Waals surface area contributed by atoms with Crippen molar-refractivity contribution in [2.45, 2.75) is 74.8 Å². The number of aliphatic hydroxyl groups excluding tert-OH is 2. The number of carbonyl (C=O) groups is 3. The zero-order chi connectivity index (χ0) is 38.3. The minimum Gasteiger partial charge on any atom is -0.481 e. The molecule has 4 heterocycles. The number of carboxylic acid groups (broad SMARTS) is 1. The van der Waals surface area contributed by atoms with Crippen LogP contribution in [0.5, 0.6) is 0 Å². The average Bonchev–Trinajstić information content (AvgIpc) is 3.98. The summed E-state index contributed by atoms with van der Waals surface area (Å²) in [5.41, 5.74) is 5.39. The number of aromatic nitrogens is 4. The Hall–Kier alpha value is -5.32. The molecule has 4 fully saturated rings. The summed E-state index contributed by atoms with van der Waals surface area (Å²) in [4.78, 5) is 55.4. The molecule has 0 bridgehead atoms. The van der Waals surface area contributed by atoms with Crippen LogP contribution in [0.1, 0.15) is 61.6 Å². The molecule has 2 aliphatic carbocycles. The summed E-state index contributed by atoms with van der Waals surface area (Å²) in [7, 11) is 0. The Balaban J connectivity index is 1.14. The van der Waals surface area contributed by atoms with Crippen LogP contribution < -0.4 is 31.9 Å². The maximum atomic E-state index is 13.3. The summed E-state index contributed by atoms with van der Waals surface area (Å²) in [6.45, 7) is 3.06. The van der Waals surface area contributed by atoms with Crippen molar-refractivity contribution in [2.24, 2.45) is 16.6 Å². The quantitative estimate of drug-likeness (QED) is 0.103. The molecule has 4 aromatic rings. The highest BCUT2D eigenvalue weighted by Gasteiger charge is 2.71. The number of carbonyl (C=O) groups excluding carboxylic acids is 2. The van der Waals surface area contributed by atoms with Gasteiger partial charge < -0.3 is 51.8 Å². The van der Waals surface area contributed by atoms with E-state index in [-0.39, 0.29) is 43.3 Å². The van der Waals surface area contributed by atoms with E-state index in [0.717, 1.165) is 30.6 Å². The van der Waals surface area contributed by atoms with E-state index in [4.69, 9.17) is 20.7 Å². The molecular formula is C39H48N10O6. The molecule has 2 saturated carbocycles. The Morgan fingerprint density at radius 1 is 0.964 bits per heavy atom. The first-order valence-electron chi connectivity index (χ1n) is 19.1. The molecule has 4 aliphatic rings. The van der Waals surface area contributed by atoms with Gasteiger partial charge in [0.15, 0.2) is 17.0 Å². The number of carboxylic acids is 1. The summed E-state index contributed by atoms with van der Waals surface area (Å²) in [6.07, 6.45) is 0.443. The van der Waals surface area contributed by atoms with Crippen molar-refractivity contribution in [1.29, 1.82) is 0 Å². The third-order valence-corrected chi connectivity index (χ3v) is 12.5. The lowest BCUT2D eigenvalue weighted by atomic mass is 9.51. The van der Waals surface area contributed by atoms with Gasteiger partial charge in [0.25, 0.3) is 0 Å². The number of aliphatic carboxylic acids is 1. The number of imidazole rings is 1. The fourth-order valence-corrected chi connectivity index (χ4v) is 9.34. The summed E-state index contributed by atoms with van der Waals surface area (Å²) in [6, 6.07) is 19.0. The van der Waals surface area contributed by atoms with E-state index < -0.39 is 41.0 Å². The molecule has 2 aromatic carbocycles. The molecule has 8 rings (SSSR count). The van der Waals surface area contributed by atoms with E-state index in [9.17, 15) is 29.7 Å². The van der Waals surface area contributed by atoms with Gasteiger partial charge >= 0.3 is 12.0 Å². The number of nitrogens with one attached hydrogen (secondary N) is 4. The molecule has 1 unspecified atom stereocenters. The predicted octanol–water partition coefficient (Wildman–Crippen LogP) is 1.70. The molecule has 55 heavy (non-hydrogen) atoms. The first kappa shape index (κ1) is 36.6. The maximum Gasteiger partial charge on any atom is 0.315 e. The van der Waals surface area contributed by atoms with Gasteiger partial charge in [-0.1, -0.05) is 67.1 Å². The van der Waals surface area contributed by atoms with E-state index in [1.807, 2.05) is 41.3 Å². The van der Waals surface area contributed by atoms with Crippen LogP contribution in [-0.2, 0) is 9.59 Å². The Morgan fingerprint density at radius 2 is 1.65 bits per heavy atom. The number of anilines is 2. The number of fused-ring (bicyclic) bond motifs is 1. The molecule has 6 atom stereocenters. The van der Waals surface area contributed by atoms with Crippen LogP contribution in [0.4, 0.5) is 16.6 Å². The van der Waals surface area contributed by atoms with Crippen molar-refractivity contribution in [1.82, 2.24) is 35.5 Å². The van der Waals surface area contributed by atoms with Crippen LogP contribution in [0.2, 0.25) is 0 Å². The number of hydrogen-bond acceptors (Lipinski definition) is 11. The monoisotopic (exact) mass is 752 g/mol. The number of hydrogen-bond donors (Lipinski definition) is 8. The summed E-state index contributed by atoms with van der Waals surface area (Å²) < 4.78 is 1.61. The standard InChI is InChI=1S/C39H48N10O6/c40-34(52)39(38(35(53)54)14-7-15-38)18-28(30(50)31(39)51)49-22-43-29-32(42-20-27(23-8-3-1-4-9-23)24-10-5-2-6-11-24)46-36(47-33(29)49)48-17-13-26(21-48)45-37(55)44-25-12-16-41-19-25/h1-6,8-11,22,25-28,30-31,41,50-51H,7,12-21H2,(H2,40,52)(H,53,54)(H,42,46,47)(H2,44,45,55)/t25?,26-,28-,30+,31+,39+/m1/s1. The SMILES string of the molecule is NC(=O)[C@]1(C2(C(=O)O)CCC2)C[C@@H](n2cnc3c(NCC(c4ccccc4)c4ccccc4)nc(N4CC[C@@H](NC(=O)NC5CCNC5)C4)nc32)[C@H](O)[C@@H]1O. The summed E-state index contributed by atoms with van der Waals surface area (Å²) in [5, 5.41) is 46.5. The van der Waals surface area contributed by atoms with Gasteiger partial charge in [-0.15, -0.1) is 0 Å². The van der Waals surface area contributed by atoms with Gasteiger partial charge in [0, 0.05) is 44.2 Å². The van der Waals surface area contributed by atoms with Gasteiger partial charge in [-0.05, 0) is 49.8 Å². The van der Waals surface area contributed by atoms with Crippen molar-refractivity contribution < 1.29 is 29.7 Å². The number of amides is 3. The number of benzene rings is 2. The Morgan fingerprint density at radius 3 is 2.25 bits per heavy atom.